The van der Waals surface area contributed by atoms with Crippen LogP contribution in [-0.4, -0.2) is 74.6 Å². The highest BCUT2D eigenvalue weighted by Gasteiger charge is 2.68. The quantitative estimate of drug-likeness (QED) is 0.130. The molecule has 3 aromatic carbocycles. The first-order valence-corrected chi connectivity index (χ1v) is 21.9. The molecule has 0 radical (unpaired) electrons. The number of aromatic hydroxyl groups is 1. The Kier molecular flexibility index (Phi) is 9.34. The van der Waals surface area contributed by atoms with E-state index in [0.717, 1.165) is 45.7 Å². The van der Waals surface area contributed by atoms with Crippen LogP contribution in [0, 0.1) is 36.0 Å². The molecule has 4 amide bonds. The molecule has 2 aliphatic carbocycles. The average molecular weight is 844 g/mol. The number of aryl methyl sites for hydroxylation is 2. The van der Waals surface area contributed by atoms with Gasteiger partial charge in [-0.05, 0) is 86.2 Å². The number of fused-ring (bicyclic) bond motifs is 5. The first kappa shape index (κ1) is 38.9. The van der Waals surface area contributed by atoms with Gasteiger partial charge in [0.1, 0.15) is 23.0 Å². The number of phenols is 1. The van der Waals surface area contributed by atoms with Crippen molar-refractivity contribution in [1.82, 2.24) is 19.6 Å². The zero-order chi connectivity index (χ0) is 41.8. The third-order valence-electron chi connectivity index (χ3n) is 14.2. The summed E-state index contributed by atoms with van der Waals surface area (Å²) in [6.45, 7) is 6.21. The van der Waals surface area contributed by atoms with Crippen molar-refractivity contribution >= 4 is 62.5 Å². The number of anilines is 1. The summed E-state index contributed by atoms with van der Waals surface area (Å²) in [6.07, 6.45) is 3.98. The number of benzene rings is 3. The number of amides is 4. The standard InChI is InChI=1S/C47H46ClN5O6S/c1-25-33-20-27(48)10-15-38(33)60-42(25)36-23-39(50(3)49-36)53-44(56)35-22-34-30(41(47(35,2)46(53)58)31-12-11-29(59-4)21-37(31)54)13-14-32-40(34)45(57)52(43(32)55)28-16-18-51(19-17-28)24-26-8-6-5-7-9-26/h5-13,15,20-21,23,28,32,34-35,40-41,54H,14,16-19,22,24H2,1-4H3. The fourth-order valence-corrected chi connectivity index (χ4v) is 12.6. The summed E-state index contributed by atoms with van der Waals surface area (Å²) in [7, 11) is 3.24. The van der Waals surface area contributed by atoms with Gasteiger partial charge in [0.25, 0.3) is 0 Å². The number of hydrogen-bond donors (Lipinski definition) is 1. The Balaban J connectivity index is 0.999. The van der Waals surface area contributed by atoms with Crippen molar-refractivity contribution in [2.45, 2.75) is 58.0 Å². The number of aromatic nitrogens is 2. The maximum absolute atomic E-state index is 15.2. The number of nitrogens with zero attached hydrogens (tertiary/aromatic N) is 5. The molecule has 6 atom stereocenters. The number of carbonyl (C=O) groups is 4. The smallest absolute Gasteiger partial charge is 0.242 e. The van der Waals surface area contributed by atoms with E-state index in [1.54, 1.807) is 46.2 Å². The maximum atomic E-state index is 15.2. The molecule has 1 saturated carbocycles. The van der Waals surface area contributed by atoms with Crippen LogP contribution in [-0.2, 0) is 32.8 Å². The van der Waals surface area contributed by atoms with Crippen LogP contribution >= 0.6 is 22.9 Å². The second-order valence-electron chi connectivity index (χ2n) is 17.3. The van der Waals surface area contributed by atoms with Crippen molar-refractivity contribution < 1.29 is 29.0 Å². The molecule has 13 heteroatoms. The Bertz CT molecular complexity index is 2650. The van der Waals surface area contributed by atoms with Gasteiger partial charge in [-0.1, -0.05) is 59.6 Å². The predicted octanol–water partition coefficient (Wildman–Crippen LogP) is 7.87. The highest BCUT2D eigenvalue weighted by atomic mass is 35.5. The third-order valence-corrected chi connectivity index (χ3v) is 15.8. The number of likely N-dealkylation sites (tertiary alicyclic amines) is 2. The Morgan fingerprint density at radius 1 is 0.950 bits per heavy atom. The van der Waals surface area contributed by atoms with E-state index in [9.17, 15) is 14.7 Å². The van der Waals surface area contributed by atoms with Gasteiger partial charge in [-0.15, -0.1) is 11.3 Å². The minimum Gasteiger partial charge on any atom is -0.508 e. The molecule has 0 spiro atoms. The van der Waals surface area contributed by atoms with Crippen molar-refractivity contribution in [3.63, 3.8) is 0 Å². The van der Waals surface area contributed by atoms with E-state index in [-0.39, 0.29) is 35.9 Å². The number of phenolic OH excluding ortho intramolecular Hbond substituents is 1. The minimum atomic E-state index is -1.33. The maximum Gasteiger partial charge on any atom is 0.242 e. The number of thiophene rings is 1. The zero-order valence-corrected chi connectivity index (χ0v) is 35.5. The van der Waals surface area contributed by atoms with Gasteiger partial charge in [-0.3, -0.25) is 33.7 Å². The Morgan fingerprint density at radius 2 is 1.72 bits per heavy atom. The van der Waals surface area contributed by atoms with Crippen LogP contribution in [0.3, 0.4) is 0 Å². The average Bonchev–Trinajstić information content (AvgIpc) is 3.92. The lowest BCUT2D eigenvalue weighted by molar-refractivity contribution is -0.144. The second kappa shape index (κ2) is 14.4. The van der Waals surface area contributed by atoms with Gasteiger partial charge in [0.05, 0.1) is 35.2 Å². The second-order valence-corrected chi connectivity index (χ2v) is 18.8. The molecular weight excluding hydrogens is 798 g/mol. The largest absolute Gasteiger partial charge is 0.508 e. The van der Waals surface area contributed by atoms with Gasteiger partial charge in [0.2, 0.25) is 23.6 Å². The lowest BCUT2D eigenvalue weighted by atomic mass is 9.51. The van der Waals surface area contributed by atoms with Crippen molar-refractivity contribution in [3.8, 4) is 22.1 Å². The number of methoxy groups -OCH3 is 1. The van der Waals surface area contributed by atoms with E-state index in [1.807, 2.05) is 56.3 Å². The fourth-order valence-electron chi connectivity index (χ4n) is 11.2. The molecule has 11 nitrogen and oxygen atoms in total. The summed E-state index contributed by atoms with van der Waals surface area (Å²) < 4.78 is 8.06. The van der Waals surface area contributed by atoms with Crippen molar-refractivity contribution in [1.29, 1.82) is 0 Å². The van der Waals surface area contributed by atoms with Gasteiger partial charge in [0, 0.05) is 66.1 Å². The van der Waals surface area contributed by atoms with E-state index in [0.29, 0.717) is 47.1 Å². The number of hydrogen-bond acceptors (Lipinski definition) is 9. The van der Waals surface area contributed by atoms with Gasteiger partial charge in [-0.2, -0.15) is 5.10 Å². The van der Waals surface area contributed by atoms with Crippen LogP contribution in [0.1, 0.15) is 55.2 Å². The molecule has 5 aromatic rings. The summed E-state index contributed by atoms with van der Waals surface area (Å²) in [6, 6.07) is 22.7. The monoisotopic (exact) mass is 843 g/mol. The highest BCUT2D eigenvalue weighted by molar-refractivity contribution is 7.22. The van der Waals surface area contributed by atoms with Crippen LogP contribution in [0.4, 0.5) is 5.82 Å². The zero-order valence-electron chi connectivity index (χ0n) is 33.9. The number of imide groups is 2. The fraction of sp³-hybridized carbons (Fsp3) is 0.383. The molecular formula is C47H46ClN5O6S. The lowest BCUT2D eigenvalue weighted by Gasteiger charge is -2.49. The molecule has 1 N–H and O–H groups in total. The van der Waals surface area contributed by atoms with Gasteiger partial charge in [0.15, 0.2) is 0 Å². The molecule has 5 aliphatic rings. The van der Waals surface area contributed by atoms with Gasteiger partial charge < -0.3 is 9.84 Å². The van der Waals surface area contributed by atoms with Crippen LogP contribution in [0.25, 0.3) is 20.7 Å². The van der Waals surface area contributed by atoms with Crippen LogP contribution in [0.15, 0.2) is 84.4 Å². The topological polar surface area (TPSA) is 125 Å². The number of carbonyl (C=O) groups excluding carboxylic acids is 4. The number of halogens is 1. The Hall–Kier alpha value is -5.30. The van der Waals surface area contributed by atoms with Crippen molar-refractivity contribution in [2.24, 2.45) is 36.1 Å². The summed E-state index contributed by atoms with van der Waals surface area (Å²) in [5.74, 6) is -3.69. The first-order valence-electron chi connectivity index (χ1n) is 20.7. The Labute approximate surface area is 357 Å². The minimum absolute atomic E-state index is 0.0671. The summed E-state index contributed by atoms with van der Waals surface area (Å²) in [5.41, 5.74) is 2.84. The summed E-state index contributed by atoms with van der Waals surface area (Å²) in [4.78, 5) is 65.5. The number of ether oxygens (including phenoxy) is 1. The van der Waals surface area contributed by atoms with Crippen LogP contribution < -0.4 is 9.64 Å². The summed E-state index contributed by atoms with van der Waals surface area (Å²) in [5, 5.41) is 18.1. The molecule has 3 aliphatic heterocycles. The SMILES string of the molecule is COc1ccc(C2C3=CCC4C(=O)N(C5CCN(Cc6ccccc6)CC5)C(=O)C4C3CC3C(=O)N(c4cc(-c5sc6ccc(Cl)cc6c5C)nn4C)C(=O)C32C)c(O)c1. The molecule has 0 bridgehead atoms. The van der Waals surface area contributed by atoms with E-state index >= 15 is 9.59 Å². The molecule has 3 saturated heterocycles. The molecule has 4 fully saturated rings. The lowest BCUT2D eigenvalue weighted by Crippen LogP contribution is -2.49. The molecule has 5 heterocycles. The normalized spacial score (nSPS) is 27.1. The third kappa shape index (κ3) is 5.81. The molecule has 10 rings (SSSR count). The number of rotatable bonds is 7. The predicted molar refractivity (Wildman–Crippen MR) is 230 cm³/mol. The summed E-state index contributed by atoms with van der Waals surface area (Å²) >= 11 is 7.92. The molecule has 6 unspecified atom stereocenters. The van der Waals surface area contributed by atoms with E-state index in [1.165, 1.54) is 23.6 Å². The van der Waals surface area contributed by atoms with E-state index in [4.69, 9.17) is 21.4 Å². The molecule has 308 valence electrons. The van der Waals surface area contributed by atoms with E-state index < -0.39 is 40.9 Å². The van der Waals surface area contributed by atoms with Crippen molar-refractivity contribution in [3.05, 3.63) is 106 Å². The Morgan fingerprint density at radius 3 is 2.45 bits per heavy atom. The highest BCUT2D eigenvalue weighted by Crippen LogP contribution is 2.64. The van der Waals surface area contributed by atoms with E-state index in [2.05, 4.69) is 17.0 Å². The molecule has 60 heavy (non-hydrogen) atoms. The molecule has 2 aromatic heterocycles. The van der Waals surface area contributed by atoms with Crippen LogP contribution in [0.5, 0.6) is 11.5 Å². The first-order chi connectivity index (χ1) is 28.9. The van der Waals surface area contributed by atoms with Crippen molar-refractivity contribution in [2.75, 3.05) is 25.1 Å². The van der Waals surface area contributed by atoms with Crippen LogP contribution in [0.2, 0.25) is 5.02 Å². The number of piperidine rings is 1. The van der Waals surface area contributed by atoms with Gasteiger partial charge >= 0.3 is 0 Å². The number of allylic oxidation sites excluding steroid dienone is 2. The van der Waals surface area contributed by atoms with Gasteiger partial charge in [-0.25, -0.2) is 4.90 Å².